The van der Waals surface area contributed by atoms with Gasteiger partial charge in [-0.05, 0) is 24.6 Å². The van der Waals surface area contributed by atoms with Crippen LogP contribution in [0.15, 0.2) is 28.3 Å². The molecule has 0 aliphatic carbocycles. The number of nitrogens with zero attached hydrogens (tertiary/aromatic N) is 4. The van der Waals surface area contributed by atoms with Crippen molar-refractivity contribution in [2.45, 2.75) is 18.6 Å². The van der Waals surface area contributed by atoms with Gasteiger partial charge in [0.15, 0.2) is 11.5 Å². The van der Waals surface area contributed by atoms with Crippen molar-refractivity contribution in [1.82, 2.24) is 24.5 Å². The van der Waals surface area contributed by atoms with Crippen molar-refractivity contribution in [3.05, 3.63) is 40.1 Å². The zero-order valence-corrected chi connectivity index (χ0v) is 12.3. The van der Waals surface area contributed by atoms with Gasteiger partial charge in [0.2, 0.25) is 11.1 Å². The zero-order chi connectivity index (χ0) is 15.9. The molecule has 1 atom stereocenters. The number of aromatic nitrogens is 5. The molecule has 9 nitrogen and oxygen atoms in total. The minimum Gasteiger partial charge on any atom is -0.382 e. The van der Waals surface area contributed by atoms with E-state index in [0.29, 0.717) is 0 Å². The number of pyridine rings is 1. The number of hydrogen-bond acceptors (Lipinski definition) is 6. The molecule has 1 unspecified atom stereocenters. The molecule has 0 aliphatic rings. The highest BCUT2D eigenvalue weighted by Gasteiger charge is 2.16. The zero-order valence-electron chi connectivity index (χ0n) is 11.5. The Kier molecular flexibility index (Phi) is 3.47. The number of nitrogen functional groups attached to an aromatic ring is 1. The van der Waals surface area contributed by atoms with Crippen molar-refractivity contribution in [3.8, 4) is 0 Å². The lowest BCUT2D eigenvalue weighted by molar-refractivity contribution is 0.555. The molecule has 114 valence electrons. The van der Waals surface area contributed by atoms with Crippen LogP contribution in [0.25, 0.3) is 11.2 Å². The Bertz CT molecular complexity index is 948. The van der Waals surface area contributed by atoms with Crippen LogP contribution in [0.2, 0.25) is 0 Å². The maximum absolute atomic E-state index is 12.1. The van der Waals surface area contributed by atoms with Gasteiger partial charge < -0.3 is 10.7 Å². The molecule has 0 fully saturated rings. The van der Waals surface area contributed by atoms with E-state index in [9.17, 15) is 9.00 Å². The van der Waals surface area contributed by atoms with Crippen molar-refractivity contribution in [2.75, 3.05) is 5.73 Å². The van der Waals surface area contributed by atoms with Crippen molar-refractivity contribution < 1.29 is 8.76 Å². The van der Waals surface area contributed by atoms with Crippen LogP contribution >= 0.6 is 0 Å². The number of H-pyrrole nitrogens is 1. The number of hydrogen-bond donors (Lipinski definition) is 3. The first kappa shape index (κ1) is 14.4. The monoisotopic (exact) mass is 320 g/mol. The Balaban J connectivity index is 2.18. The molecule has 3 rings (SSSR count). The highest BCUT2D eigenvalue weighted by molar-refractivity contribution is 7.79. The van der Waals surface area contributed by atoms with Crippen LogP contribution in [0, 0.1) is 6.92 Å². The second-order valence-electron chi connectivity index (χ2n) is 4.66. The van der Waals surface area contributed by atoms with Crippen LogP contribution in [0.5, 0.6) is 0 Å². The molecule has 0 aliphatic heterocycles. The molecule has 3 aromatic rings. The molecule has 0 bridgehead atoms. The smallest absolute Gasteiger partial charge is 0.328 e. The molecule has 0 saturated heterocycles. The van der Waals surface area contributed by atoms with Crippen LogP contribution in [0.4, 0.5) is 5.82 Å². The lowest BCUT2D eigenvalue weighted by Crippen LogP contribution is -2.18. The molecular formula is C12H12N6O3S. The van der Waals surface area contributed by atoms with Crippen LogP contribution in [-0.2, 0) is 17.6 Å². The van der Waals surface area contributed by atoms with Crippen molar-refractivity contribution in [1.29, 1.82) is 0 Å². The molecule has 4 N–H and O–H groups in total. The van der Waals surface area contributed by atoms with Crippen molar-refractivity contribution in [3.63, 3.8) is 0 Å². The van der Waals surface area contributed by atoms with E-state index in [1.807, 2.05) is 13.0 Å². The van der Waals surface area contributed by atoms with E-state index in [1.165, 1.54) is 4.57 Å². The summed E-state index contributed by atoms with van der Waals surface area (Å²) in [6.07, 6.45) is 1.64. The lowest BCUT2D eigenvalue weighted by Gasteiger charge is -2.05. The quantitative estimate of drug-likeness (QED) is 0.457. The minimum absolute atomic E-state index is 0.0517. The third-order valence-corrected chi connectivity index (χ3v) is 3.58. The normalized spacial score (nSPS) is 12.6. The minimum atomic E-state index is -2.39. The average Bonchev–Trinajstić information content (AvgIpc) is 2.76. The van der Waals surface area contributed by atoms with Crippen LogP contribution in [-0.4, -0.2) is 33.3 Å². The van der Waals surface area contributed by atoms with Gasteiger partial charge >= 0.3 is 5.69 Å². The highest BCUT2D eigenvalue weighted by atomic mass is 32.2. The number of imidazole rings is 1. The first-order valence-corrected chi connectivity index (χ1v) is 7.35. The summed E-state index contributed by atoms with van der Waals surface area (Å²) < 4.78 is 21.6. The first-order valence-electron chi connectivity index (χ1n) is 6.24. The van der Waals surface area contributed by atoms with Gasteiger partial charge in [-0.2, -0.15) is 9.97 Å². The maximum atomic E-state index is 12.1. The number of aryl methyl sites for hydroxylation is 1. The van der Waals surface area contributed by atoms with Crippen LogP contribution in [0.1, 0.15) is 11.3 Å². The first-order chi connectivity index (χ1) is 10.5. The van der Waals surface area contributed by atoms with E-state index in [-0.39, 0.29) is 28.7 Å². The van der Waals surface area contributed by atoms with Crippen LogP contribution < -0.4 is 11.4 Å². The molecule has 0 saturated carbocycles. The molecular weight excluding hydrogens is 308 g/mol. The number of anilines is 1. The molecule has 0 spiro atoms. The Labute approximate surface area is 126 Å². The van der Waals surface area contributed by atoms with Crippen LogP contribution in [0.3, 0.4) is 0 Å². The lowest BCUT2D eigenvalue weighted by atomic mass is 10.2. The van der Waals surface area contributed by atoms with E-state index in [2.05, 4.69) is 19.9 Å². The van der Waals surface area contributed by atoms with Crippen molar-refractivity contribution in [2.24, 2.45) is 0 Å². The van der Waals surface area contributed by atoms with Gasteiger partial charge in [0.05, 0.1) is 6.54 Å². The summed E-state index contributed by atoms with van der Waals surface area (Å²) in [4.78, 5) is 26.4. The van der Waals surface area contributed by atoms with Gasteiger partial charge in [0.1, 0.15) is 5.52 Å². The molecule has 10 heteroatoms. The molecule has 3 aromatic heterocycles. The summed E-state index contributed by atoms with van der Waals surface area (Å²) in [5, 5.41) is -0.344. The number of nitrogens with one attached hydrogen (secondary N) is 1. The predicted molar refractivity (Wildman–Crippen MR) is 79.7 cm³/mol. The topological polar surface area (TPSA) is 140 Å². The third-order valence-electron chi connectivity index (χ3n) is 3.09. The second kappa shape index (κ2) is 5.31. The SMILES string of the molecule is Cc1cc(Cn2c(=O)[nH]c3c(N)nc(S(=O)O)nc32)ccn1. The van der Waals surface area contributed by atoms with Gasteiger partial charge in [-0.25, -0.2) is 9.00 Å². The van der Waals surface area contributed by atoms with Gasteiger partial charge in [0.25, 0.3) is 5.16 Å². The third kappa shape index (κ3) is 2.49. The molecule has 0 aromatic carbocycles. The average molecular weight is 320 g/mol. The maximum Gasteiger partial charge on any atom is 0.328 e. The van der Waals surface area contributed by atoms with Crippen molar-refractivity contribution >= 4 is 28.1 Å². The van der Waals surface area contributed by atoms with E-state index in [1.54, 1.807) is 12.3 Å². The summed E-state index contributed by atoms with van der Waals surface area (Å²) in [6, 6.07) is 3.61. The highest BCUT2D eigenvalue weighted by Crippen LogP contribution is 2.16. The molecule has 22 heavy (non-hydrogen) atoms. The summed E-state index contributed by atoms with van der Waals surface area (Å²) in [5.41, 5.74) is 7.37. The predicted octanol–water partition coefficient (Wildman–Crippen LogP) is 0.0341. The summed E-state index contributed by atoms with van der Waals surface area (Å²) in [5.74, 6) is -0.0517. The fourth-order valence-electron chi connectivity index (χ4n) is 2.14. The fourth-order valence-corrected chi connectivity index (χ4v) is 2.48. The van der Waals surface area contributed by atoms with E-state index < -0.39 is 16.8 Å². The molecule has 3 heterocycles. The largest absolute Gasteiger partial charge is 0.382 e. The molecule has 0 amide bonds. The van der Waals surface area contributed by atoms with Gasteiger partial charge in [-0.1, -0.05) is 0 Å². The summed E-state index contributed by atoms with van der Waals surface area (Å²) in [6.45, 7) is 2.07. The van der Waals surface area contributed by atoms with Gasteiger partial charge in [0, 0.05) is 11.9 Å². The fraction of sp³-hybridized carbons (Fsp3) is 0.167. The number of nitrogens with two attached hydrogens (primary N) is 1. The second-order valence-corrected chi connectivity index (χ2v) is 5.52. The van der Waals surface area contributed by atoms with Gasteiger partial charge in [-0.3, -0.25) is 14.1 Å². The van der Waals surface area contributed by atoms with Gasteiger partial charge in [-0.15, -0.1) is 0 Å². The number of aromatic amines is 1. The molecule has 0 radical (unpaired) electrons. The Morgan fingerprint density at radius 2 is 2.23 bits per heavy atom. The van der Waals surface area contributed by atoms with E-state index >= 15 is 0 Å². The van der Waals surface area contributed by atoms with E-state index in [0.717, 1.165) is 11.3 Å². The number of rotatable bonds is 3. The Morgan fingerprint density at radius 1 is 1.45 bits per heavy atom. The summed E-state index contributed by atoms with van der Waals surface area (Å²) in [7, 11) is 0. The number of fused-ring (bicyclic) bond motifs is 1. The Morgan fingerprint density at radius 3 is 2.91 bits per heavy atom. The Hall–Kier alpha value is -2.59. The standard InChI is InChI=1S/C12H12N6O3S/c1-6-4-7(2-3-14-6)5-18-10-8(15-12(18)19)9(13)16-11(17-10)22(20)21/h2-4H,5H2,1H3,(H,15,19)(H,20,21)(H2,13,16,17). The summed E-state index contributed by atoms with van der Waals surface area (Å²) >= 11 is -2.39. The van der Waals surface area contributed by atoms with E-state index in [4.69, 9.17) is 10.3 Å².